The summed E-state index contributed by atoms with van der Waals surface area (Å²) in [5, 5.41) is 1.01. The van der Waals surface area contributed by atoms with Crippen LogP contribution in [0.5, 0.6) is 0 Å². The third kappa shape index (κ3) is 2.56. The fourth-order valence-electron chi connectivity index (χ4n) is 2.09. The van der Waals surface area contributed by atoms with E-state index < -0.39 is 0 Å². The number of anilines is 1. The smallest absolute Gasteiger partial charge is 0.161 e. The number of ether oxygens (including phenoxy) is 1. The van der Waals surface area contributed by atoms with Crippen molar-refractivity contribution < 1.29 is 4.74 Å². The minimum absolute atomic E-state index is 0.0794. The van der Waals surface area contributed by atoms with Gasteiger partial charge in [-0.25, -0.2) is 15.8 Å². The highest BCUT2D eigenvalue weighted by atomic mass is 32.1. The molecule has 0 amide bonds. The Kier molecular flexibility index (Phi) is 4.34. The van der Waals surface area contributed by atoms with E-state index in [4.69, 9.17) is 10.6 Å². The van der Waals surface area contributed by atoms with E-state index in [1.54, 1.807) is 11.3 Å². The number of nitrogens with two attached hydrogens (primary N) is 1. The van der Waals surface area contributed by atoms with E-state index in [-0.39, 0.29) is 6.10 Å². The summed E-state index contributed by atoms with van der Waals surface area (Å²) in [6.07, 6.45) is 0.761. The molecule has 0 spiro atoms. The van der Waals surface area contributed by atoms with Gasteiger partial charge in [-0.3, -0.25) is 0 Å². The van der Waals surface area contributed by atoms with Crippen molar-refractivity contribution in [2.75, 3.05) is 12.0 Å². The molecule has 2 aromatic rings. The Balaban J connectivity index is 2.59. The number of thiophene rings is 1. The Labute approximate surface area is 117 Å². The van der Waals surface area contributed by atoms with Crippen LogP contribution in [0.4, 0.5) is 5.82 Å². The van der Waals surface area contributed by atoms with E-state index in [0.717, 1.165) is 16.6 Å². The van der Waals surface area contributed by atoms with Gasteiger partial charge in [-0.2, -0.15) is 0 Å². The summed E-state index contributed by atoms with van der Waals surface area (Å²) in [5.41, 5.74) is 3.87. The molecule has 0 saturated carbocycles. The lowest BCUT2D eigenvalue weighted by atomic mass is 10.2. The number of hydrogen-bond donors (Lipinski definition) is 2. The number of aromatic nitrogens is 2. The van der Waals surface area contributed by atoms with E-state index in [1.807, 2.05) is 6.92 Å². The third-order valence-corrected chi connectivity index (χ3v) is 4.31. The highest BCUT2D eigenvalue weighted by Gasteiger charge is 2.18. The van der Waals surface area contributed by atoms with Crippen LogP contribution in [-0.4, -0.2) is 16.6 Å². The van der Waals surface area contributed by atoms with Crippen molar-refractivity contribution in [3.8, 4) is 0 Å². The maximum absolute atomic E-state index is 5.67. The summed E-state index contributed by atoms with van der Waals surface area (Å²) in [6, 6.07) is 0. The molecule has 0 fully saturated rings. The molecule has 0 saturated heterocycles. The lowest BCUT2D eigenvalue weighted by Gasteiger charge is -2.14. The molecule has 0 aliphatic heterocycles. The molecular formula is C13H20N4OS. The van der Waals surface area contributed by atoms with Gasteiger partial charge in [0.25, 0.3) is 0 Å². The minimum Gasteiger partial charge on any atom is -0.371 e. The second-order valence-corrected chi connectivity index (χ2v) is 5.59. The number of nitrogens with one attached hydrogen (secondary N) is 1. The van der Waals surface area contributed by atoms with Crippen LogP contribution < -0.4 is 11.3 Å². The predicted octanol–water partition coefficient (Wildman–Crippen LogP) is 3.08. The average molecular weight is 280 g/mol. The molecule has 19 heavy (non-hydrogen) atoms. The Hall–Kier alpha value is -1.24. The number of rotatable bonds is 5. The molecule has 0 bridgehead atoms. The average Bonchev–Trinajstić information content (AvgIpc) is 2.70. The number of nitrogen functional groups attached to an aromatic ring is 1. The molecule has 0 aromatic carbocycles. The van der Waals surface area contributed by atoms with Crippen molar-refractivity contribution >= 4 is 27.4 Å². The monoisotopic (exact) mass is 280 g/mol. The van der Waals surface area contributed by atoms with E-state index in [2.05, 4.69) is 36.2 Å². The molecular weight excluding hydrogens is 260 g/mol. The van der Waals surface area contributed by atoms with Crippen LogP contribution in [0.2, 0.25) is 0 Å². The Morgan fingerprint density at radius 3 is 2.63 bits per heavy atom. The normalized spacial score (nSPS) is 12.9. The van der Waals surface area contributed by atoms with Gasteiger partial charge in [-0.05, 0) is 32.8 Å². The SMILES string of the molecule is CCOC(CC)c1nc(NN)c2c(C)c(C)sc2n1. The molecule has 3 N–H and O–H groups in total. The quantitative estimate of drug-likeness (QED) is 0.650. The van der Waals surface area contributed by atoms with Crippen molar-refractivity contribution in [3.05, 3.63) is 16.3 Å². The van der Waals surface area contributed by atoms with Crippen molar-refractivity contribution in [2.24, 2.45) is 5.84 Å². The molecule has 1 atom stereocenters. The first-order valence-corrected chi connectivity index (χ1v) is 7.29. The molecule has 2 aromatic heterocycles. The number of hydrazine groups is 1. The van der Waals surface area contributed by atoms with Crippen molar-refractivity contribution in [1.29, 1.82) is 0 Å². The number of hydrogen-bond acceptors (Lipinski definition) is 6. The summed E-state index contributed by atoms with van der Waals surface area (Å²) >= 11 is 1.67. The second kappa shape index (κ2) is 5.81. The van der Waals surface area contributed by atoms with Gasteiger partial charge in [-0.1, -0.05) is 6.92 Å². The fourth-order valence-corrected chi connectivity index (χ4v) is 3.13. The van der Waals surface area contributed by atoms with Gasteiger partial charge in [-0.15, -0.1) is 11.3 Å². The maximum Gasteiger partial charge on any atom is 0.161 e. The van der Waals surface area contributed by atoms with E-state index >= 15 is 0 Å². The first kappa shape index (κ1) is 14.2. The zero-order valence-electron chi connectivity index (χ0n) is 11.8. The van der Waals surface area contributed by atoms with Gasteiger partial charge in [0.1, 0.15) is 10.9 Å². The fraction of sp³-hybridized carbons (Fsp3) is 0.538. The number of nitrogens with zero attached hydrogens (tertiary/aromatic N) is 2. The third-order valence-electron chi connectivity index (χ3n) is 3.21. The molecule has 1 unspecified atom stereocenters. The Morgan fingerprint density at radius 1 is 1.32 bits per heavy atom. The van der Waals surface area contributed by atoms with Crippen LogP contribution in [0.1, 0.15) is 42.6 Å². The molecule has 5 nitrogen and oxygen atoms in total. The van der Waals surface area contributed by atoms with Crippen molar-refractivity contribution in [2.45, 2.75) is 40.2 Å². The molecule has 0 radical (unpaired) electrons. The zero-order valence-corrected chi connectivity index (χ0v) is 12.6. The van der Waals surface area contributed by atoms with Gasteiger partial charge in [0, 0.05) is 11.5 Å². The van der Waals surface area contributed by atoms with Crippen molar-refractivity contribution in [3.63, 3.8) is 0 Å². The summed E-state index contributed by atoms with van der Waals surface area (Å²) in [7, 11) is 0. The van der Waals surface area contributed by atoms with Gasteiger partial charge in [0.2, 0.25) is 0 Å². The standard InChI is InChI=1S/C13H20N4OS/c1-5-9(18-6-2)11-15-12(17-14)10-7(3)8(4)19-13(10)16-11/h9H,5-6,14H2,1-4H3,(H,15,16,17). The van der Waals surface area contributed by atoms with Gasteiger partial charge in [0.15, 0.2) is 11.6 Å². The van der Waals surface area contributed by atoms with Gasteiger partial charge in [0.05, 0.1) is 5.39 Å². The summed E-state index contributed by atoms with van der Waals surface area (Å²) < 4.78 is 5.67. The number of aryl methyl sites for hydroxylation is 2. The second-order valence-electron chi connectivity index (χ2n) is 4.39. The van der Waals surface area contributed by atoms with Crippen LogP contribution in [0.25, 0.3) is 10.2 Å². The van der Waals surface area contributed by atoms with Crippen LogP contribution in [0.3, 0.4) is 0 Å². The largest absolute Gasteiger partial charge is 0.371 e. The van der Waals surface area contributed by atoms with E-state index in [9.17, 15) is 0 Å². The highest BCUT2D eigenvalue weighted by molar-refractivity contribution is 7.18. The first-order valence-electron chi connectivity index (χ1n) is 6.48. The number of fused-ring (bicyclic) bond motifs is 1. The molecule has 104 valence electrons. The maximum atomic E-state index is 5.67. The molecule has 2 rings (SSSR count). The Bertz CT molecular complexity index is 582. The van der Waals surface area contributed by atoms with Crippen LogP contribution >= 0.6 is 11.3 Å². The zero-order chi connectivity index (χ0) is 14.0. The van der Waals surface area contributed by atoms with Crippen LogP contribution in [0, 0.1) is 13.8 Å². The minimum atomic E-state index is -0.0794. The summed E-state index contributed by atoms with van der Waals surface area (Å²) in [6.45, 7) is 8.84. The first-order chi connectivity index (χ1) is 9.12. The van der Waals surface area contributed by atoms with Gasteiger partial charge >= 0.3 is 0 Å². The molecule has 0 aliphatic rings. The van der Waals surface area contributed by atoms with Gasteiger partial charge < -0.3 is 10.2 Å². The molecule has 0 aliphatic carbocycles. The Morgan fingerprint density at radius 2 is 2.05 bits per heavy atom. The van der Waals surface area contributed by atoms with Crippen LogP contribution in [0.15, 0.2) is 0 Å². The van der Waals surface area contributed by atoms with E-state index in [1.165, 1.54) is 10.4 Å². The predicted molar refractivity (Wildman–Crippen MR) is 79.4 cm³/mol. The molecule has 6 heteroatoms. The van der Waals surface area contributed by atoms with Crippen LogP contribution in [-0.2, 0) is 4.74 Å². The van der Waals surface area contributed by atoms with Crippen molar-refractivity contribution in [1.82, 2.24) is 9.97 Å². The molecule has 2 heterocycles. The van der Waals surface area contributed by atoms with E-state index in [0.29, 0.717) is 18.2 Å². The summed E-state index contributed by atoms with van der Waals surface area (Å²) in [4.78, 5) is 11.4. The summed E-state index contributed by atoms with van der Waals surface area (Å²) in [5.74, 6) is 6.98. The lowest BCUT2D eigenvalue weighted by molar-refractivity contribution is 0.0538. The lowest BCUT2D eigenvalue weighted by Crippen LogP contribution is -2.14. The topological polar surface area (TPSA) is 73.1 Å². The highest BCUT2D eigenvalue weighted by Crippen LogP contribution is 2.34.